The van der Waals surface area contributed by atoms with Gasteiger partial charge in [-0.15, -0.1) is 23.2 Å². The van der Waals surface area contributed by atoms with E-state index in [1.807, 2.05) is 48.5 Å². The van der Waals surface area contributed by atoms with Crippen molar-refractivity contribution in [3.05, 3.63) is 130 Å². The van der Waals surface area contributed by atoms with Crippen molar-refractivity contribution < 1.29 is 28.7 Å². The predicted octanol–water partition coefficient (Wildman–Crippen LogP) is 5.83. The Hall–Kier alpha value is -4.46. The van der Waals surface area contributed by atoms with Crippen LogP contribution in [0.25, 0.3) is 0 Å². The molecule has 4 aromatic rings. The number of Topliss-reactive ketones (excluding diaryl/α,β-unsaturated/α-hetero) is 1. The Morgan fingerprint density at radius 1 is 0.721 bits per heavy atom. The van der Waals surface area contributed by atoms with Crippen LogP contribution in [-0.2, 0) is 24.1 Å². The number of ether oxygens (including phenoxy) is 2. The number of nitrogens with zero attached hydrogens (tertiary/aromatic N) is 1. The lowest BCUT2D eigenvalue weighted by Gasteiger charge is -2.54. The third-order valence-electron chi connectivity index (χ3n) is 8.67. The van der Waals surface area contributed by atoms with Crippen LogP contribution in [-0.4, -0.2) is 37.3 Å². The summed E-state index contributed by atoms with van der Waals surface area (Å²) >= 11 is 15.0. The second-order valence-corrected chi connectivity index (χ2v) is 12.0. The van der Waals surface area contributed by atoms with Gasteiger partial charge in [-0.25, -0.2) is 9.69 Å². The van der Waals surface area contributed by atoms with Crippen molar-refractivity contribution in [2.75, 3.05) is 18.6 Å². The molecule has 0 saturated carbocycles. The van der Waals surface area contributed by atoms with E-state index in [2.05, 4.69) is 0 Å². The van der Waals surface area contributed by atoms with Gasteiger partial charge in [0, 0.05) is 5.56 Å². The third-order valence-corrected chi connectivity index (χ3v) is 9.96. The molecule has 1 fully saturated rings. The number of alkyl halides is 2. The van der Waals surface area contributed by atoms with Gasteiger partial charge in [-0.2, -0.15) is 0 Å². The van der Waals surface area contributed by atoms with Gasteiger partial charge in [0.1, 0.15) is 15.5 Å². The van der Waals surface area contributed by atoms with E-state index in [0.29, 0.717) is 33.6 Å². The zero-order valence-electron chi connectivity index (χ0n) is 22.8. The molecule has 4 aliphatic rings. The molecule has 0 spiro atoms. The smallest absolute Gasteiger partial charge is 0.338 e. The van der Waals surface area contributed by atoms with Crippen LogP contribution in [0.1, 0.15) is 43.0 Å². The molecular formula is C34H23Cl2NO6. The van der Waals surface area contributed by atoms with Gasteiger partial charge in [0.25, 0.3) is 0 Å². The fourth-order valence-electron chi connectivity index (χ4n) is 6.77. The first kappa shape index (κ1) is 27.4. The van der Waals surface area contributed by atoms with Crippen molar-refractivity contribution in [3.63, 3.8) is 0 Å². The monoisotopic (exact) mass is 611 g/mol. The van der Waals surface area contributed by atoms with Crippen LogP contribution < -0.4 is 9.64 Å². The van der Waals surface area contributed by atoms with E-state index in [1.165, 1.54) is 19.2 Å². The van der Waals surface area contributed by atoms with E-state index in [-0.39, 0.29) is 11.3 Å². The second kappa shape index (κ2) is 9.79. The van der Waals surface area contributed by atoms with Gasteiger partial charge < -0.3 is 9.47 Å². The van der Waals surface area contributed by atoms with Crippen LogP contribution in [0.4, 0.5) is 5.69 Å². The summed E-state index contributed by atoms with van der Waals surface area (Å²) in [6.07, 6.45) is 0. The van der Waals surface area contributed by atoms with E-state index in [9.17, 15) is 19.2 Å². The number of rotatable bonds is 6. The fourth-order valence-corrected chi connectivity index (χ4v) is 7.87. The topological polar surface area (TPSA) is 90.0 Å². The van der Waals surface area contributed by atoms with E-state index in [1.54, 1.807) is 36.4 Å². The number of anilines is 1. The van der Waals surface area contributed by atoms with Gasteiger partial charge >= 0.3 is 5.97 Å². The van der Waals surface area contributed by atoms with Gasteiger partial charge in [0.15, 0.2) is 12.4 Å². The van der Waals surface area contributed by atoms with Gasteiger partial charge in [-0.3, -0.25) is 14.4 Å². The maximum atomic E-state index is 14.2. The molecule has 3 aliphatic carbocycles. The minimum absolute atomic E-state index is 0.0752. The molecule has 43 heavy (non-hydrogen) atoms. The average Bonchev–Trinajstić information content (AvgIpc) is 3.33. The molecule has 7 nitrogen and oxygen atoms in total. The molecule has 1 saturated heterocycles. The number of esters is 1. The number of hydrogen-bond donors (Lipinski definition) is 0. The number of imide groups is 1. The van der Waals surface area contributed by atoms with Gasteiger partial charge in [-0.05, 0) is 64.7 Å². The lowest BCUT2D eigenvalue weighted by atomic mass is 9.54. The third kappa shape index (κ3) is 3.74. The summed E-state index contributed by atoms with van der Waals surface area (Å²) in [6.45, 7) is -0.485. The summed E-state index contributed by atoms with van der Waals surface area (Å²) in [5.74, 6) is -3.52. The van der Waals surface area contributed by atoms with Crippen LogP contribution >= 0.6 is 23.2 Å². The number of carbonyl (C=O) groups excluding carboxylic acids is 4. The number of amides is 2. The molecule has 0 aromatic heterocycles. The highest BCUT2D eigenvalue weighted by molar-refractivity contribution is 6.38. The number of carbonyl (C=O) groups is 4. The first-order valence-corrected chi connectivity index (χ1v) is 14.4. The lowest BCUT2D eigenvalue weighted by molar-refractivity contribution is -0.122. The molecule has 2 atom stereocenters. The van der Waals surface area contributed by atoms with Gasteiger partial charge in [0.05, 0.1) is 30.2 Å². The van der Waals surface area contributed by atoms with Gasteiger partial charge in [-0.1, -0.05) is 54.6 Å². The number of methoxy groups -OCH3 is 1. The lowest BCUT2D eigenvalue weighted by Crippen LogP contribution is -2.57. The quantitative estimate of drug-likeness (QED) is 0.118. The number of hydrogen-bond acceptors (Lipinski definition) is 6. The highest BCUT2D eigenvalue weighted by Gasteiger charge is 2.73. The molecule has 0 radical (unpaired) electrons. The minimum Gasteiger partial charge on any atom is -0.497 e. The molecule has 8 rings (SSSR count). The summed E-state index contributed by atoms with van der Waals surface area (Å²) in [5, 5.41) is 0. The summed E-state index contributed by atoms with van der Waals surface area (Å²) in [6, 6.07) is 27.2. The Kier molecular flexibility index (Phi) is 6.24. The maximum absolute atomic E-state index is 14.2. The summed E-state index contributed by atoms with van der Waals surface area (Å²) in [7, 11) is 1.52. The Morgan fingerprint density at radius 3 is 1.72 bits per heavy atom. The summed E-state index contributed by atoms with van der Waals surface area (Å²) < 4.78 is 10.4. The normalized spacial score (nSPS) is 24.7. The Balaban J connectivity index is 1.20. The van der Waals surface area contributed by atoms with Crippen molar-refractivity contribution in [1.82, 2.24) is 0 Å². The zero-order valence-corrected chi connectivity index (χ0v) is 24.3. The maximum Gasteiger partial charge on any atom is 0.338 e. The zero-order chi connectivity index (χ0) is 30.1. The molecule has 4 aromatic carbocycles. The molecular weight excluding hydrogens is 589 g/mol. The van der Waals surface area contributed by atoms with Gasteiger partial charge in [0.2, 0.25) is 11.8 Å². The van der Waals surface area contributed by atoms with Crippen LogP contribution in [0.2, 0.25) is 0 Å². The van der Waals surface area contributed by atoms with Crippen molar-refractivity contribution in [3.8, 4) is 5.75 Å². The van der Waals surface area contributed by atoms with Crippen molar-refractivity contribution in [2.24, 2.45) is 11.8 Å². The Morgan fingerprint density at radius 2 is 1.23 bits per heavy atom. The molecule has 1 heterocycles. The largest absolute Gasteiger partial charge is 0.497 e. The van der Waals surface area contributed by atoms with E-state index in [0.717, 1.165) is 4.90 Å². The minimum atomic E-state index is -1.31. The van der Waals surface area contributed by atoms with E-state index < -0.39 is 51.8 Å². The first-order valence-electron chi connectivity index (χ1n) is 13.6. The fraction of sp³-hybridized carbons (Fsp3) is 0.176. The standard InChI is InChI=1S/C34H23Cl2NO6/c1-42-22-15-13-19(14-16-22)27(38)18-43-32(41)20-7-6-8-21(17-20)37-30(39)28-29(31(37)40)34(36)24-10-3-2-9-23(24)33(28,35)25-11-4-5-12-26(25)34/h2-17,28-29H,18H2,1H3/t28-,29-,33?,34?/m1/s1. The van der Waals surface area contributed by atoms with Crippen molar-refractivity contribution in [2.45, 2.75) is 9.75 Å². The number of benzene rings is 4. The molecule has 9 heteroatoms. The average molecular weight is 612 g/mol. The predicted molar refractivity (Wildman–Crippen MR) is 160 cm³/mol. The highest BCUT2D eigenvalue weighted by atomic mass is 35.5. The molecule has 2 bridgehead atoms. The second-order valence-electron chi connectivity index (χ2n) is 10.8. The Labute approximate surface area is 256 Å². The Bertz CT molecular complexity index is 1730. The highest BCUT2D eigenvalue weighted by Crippen LogP contribution is 2.69. The summed E-state index contributed by atoms with van der Waals surface area (Å²) in [4.78, 5) is 52.4. The number of halogens is 2. The SMILES string of the molecule is COc1ccc(C(=O)COC(=O)c2cccc(N3C(=O)[C@H]4[C@H](C3=O)C3(Cl)c5ccccc5C4(Cl)c4ccccc43)c2)cc1. The molecule has 1 aliphatic heterocycles. The van der Waals surface area contributed by atoms with E-state index >= 15 is 0 Å². The molecule has 214 valence electrons. The van der Waals surface area contributed by atoms with Crippen molar-refractivity contribution >= 4 is 52.5 Å². The molecule has 2 amide bonds. The first-order chi connectivity index (χ1) is 20.7. The number of ketones is 1. The summed E-state index contributed by atoms with van der Waals surface area (Å²) in [5.41, 5.74) is 3.43. The molecule has 0 unspecified atom stereocenters. The van der Waals surface area contributed by atoms with Crippen molar-refractivity contribution in [1.29, 1.82) is 0 Å². The van der Waals surface area contributed by atoms with Crippen LogP contribution in [0, 0.1) is 11.8 Å². The van der Waals surface area contributed by atoms with Crippen LogP contribution in [0.15, 0.2) is 97.1 Å². The van der Waals surface area contributed by atoms with E-state index in [4.69, 9.17) is 32.7 Å². The molecule has 0 N–H and O–H groups in total. The van der Waals surface area contributed by atoms with Crippen LogP contribution in [0.3, 0.4) is 0 Å². The van der Waals surface area contributed by atoms with Crippen LogP contribution in [0.5, 0.6) is 5.75 Å².